The van der Waals surface area contributed by atoms with E-state index >= 15 is 0 Å². The molecule has 0 radical (unpaired) electrons. The van der Waals surface area contributed by atoms with E-state index < -0.39 is 6.10 Å². The summed E-state index contributed by atoms with van der Waals surface area (Å²) in [5.41, 5.74) is 2.21. The lowest BCUT2D eigenvalue weighted by atomic mass is 10.1. The van der Waals surface area contributed by atoms with E-state index in [1.54, 1.807) is 6.08 Å². The largest absolute Gasteiger partial charge is 0.485 e. The van der Waals surface area contributed by atoms with E-state index in [0.29, 0.717) is 29.9 Å². The van der Waals surface area contributed by atoms with Crippen LogP contribution in [-0.2, 0) is 17.8 Å². The van der Waals surface area contributed by atoms with Crippen molar-refractivity contribution in [2.24, 2.45) is 0 Å². The highest BCUT2D eigenvalue weighted by atomic mass is 32.2. The predicted octanol–water partition coefficient (Wildman–Crippen LogP) is 4.44. The second kappa shape index (κ2) is 8.94. The van der Waals surface area contributed by atoms with Crippen LogP contribution in [0.15, 0.2) is 66.3 Å². The van der Waals surface area contributed by atoms with E-state index in [1.165, 1.54) is 17.3 Å². The van der Waals surface area contributed by atoms with Gasteiger partial charge in [-0.15, -0.1) is 16.8 Å². The summed E-state index contributed by atoms with van der Waals surface area (Å²) in [6.45, 7) is 8.74. The van der Waals surface area contributed by atoms with Crippen molar-refractivity contribution in [1.29, 1.82) is 0 Å². The van der Waals surface area contributed by atoms with Crippen molar-refractivity contribution >= 4 is 23.4 Å². The molecule has 1 aromatic heterocycles. The molecule has 0 saturated carbocycles. The third-order valence-corrected chi connectivity index (χ3v) is 7.00. The first-order chi connectivity index (χ1) is 16.1. The first-order valence-electron chi connectivity index (χ1n) is 11.1. The molecule has 170 valence electrons. The highest BCUT2D eigenvalue weighted by Crippen LogP contribution is 2.37. The summed E-state index contributed by atoms with van der Waals surface area (Å²) in [6, 6.07) is 15.8. The van der Waals surface area contributed by atoms with Crippen LogP contribution in [0.4, 0.5) is 5.69 Å². The number of rotatable bonds is 6. The van der Waals surface area contributed by atoms with E-state index in [-0.39, 0.29) is 17.2 Å². The van der Waals surface area contributed by atoms with Gasteiger partial charge in [0.2, 0.25) is 5.91 Å². The van der Waals surface area contributed by atoms with Gasteiger partial charge in [-0.2, -0.15) is 0 Å². The van der Waals surface area contributed by atoms with E-state index in [1.807, 2.05) is 58.9 Å². The second-order valence-electron chi connectivity index (χ2n) is 8.25. The molecule has 2 aliphatic heterocycles. The number of aromatic nitrogens is 3. The van der Waals surface area contributed by atoms with Crippen molar-refractivity contribution in [3.8, 4) is 11.5 Å². The number of carbonyl (C=O) groups excluding carboxylic acids is 1. The van der Waals surface area contributed by atoms with Gasteiger partial charge in [-0.1, -0.05) is 48.2 Å². The molecule has 0 aliphatic carbocycles. The summed E-state index contributed by atoms with van der Waals surface area (Å²) in [5, 5.41) is 9.14. The molecule has 0 saturated heterocycles. The number of amides is 1. The number of allylic oxidation sites excluding steroid dienone is 1. The SMILES string of the molecule is C=CCn1c(SC(C)C(=O)N2c3ccccc3CC2C)nnc1C1COc2ccccc2O1. The number of thioether (sulfide) groups is 1. The summed E-state index contributed by atoms with van der Waals surface area (Å²) >= 11 is 1.41. The topological polar surface area (TPSA) is 69.5 Å². The number of hydrogen-bond acceptors (Lipinski definition) is 6. The quantitative estimate of drug-likeness (QED) is 0.399. The van der Waals surface area contributed by atoms with Crippen molar-refractivity contribution in [3.05, 3.63) is 72.6 Å². The van der Waals surface area contributed by atoms with Gasteiger partial charge in [-0.05, 0) is 44.0 Å². The van der Waals surface area contributed by atoms with Gasteiger partial charge in [-0.3, -0.25) is 9.36 Å². The van der Waals surface area contributed by atoms with Gasteiger partial charge >= 0.3 is 0 Å². The Morgan fingerprint density at radius 2 is 1.97 bits per heavy atom. The predicted molar refractivity (Wildman–Crippen MR) is 128 cm³/mol. The van der Waals surface area contributed by atoms with Crippen molar-refractivity contribution < 1.29 is 14.3 Å². The molecular weight excluding hydrogens is 436 g/mol. The number of fused-ring (bicyclic) bond motifs is 2. The van der Waals surface area contributed by atoms with Crippen LogP contribution in [0, 0.1) is 0 Å². The van der Waals surface area contributed by atoms with Gasteiger partial charge in [0, 0.05) is 18.3 Å². The van der Waals surface area contributed by atoms with Crippen LogP contribution in [0.25, 0.3) is 0 Å². The lowest BCUT2D eigenvalue weighted by molar-refractivity contribution is -0.118. The van der Waals surface area contributed by atoms with Crippen molar-refractivity contribution in [1.82, 2.24) is 14.8 Å². The lowest BCUT2D eigenvalue weighted by Crippen LogP contribution is -2.40. The average molecular weight is 463 g/mol. The van der Waals surface area contributed by atoms with Gasteiger partial charge in [0.1, 0.15) is 6.61 Å². The molecule has 3 aromatic rings. The monoisotopic (exact) mass is 462 g/mol. The number of anilines is 1. The smallest absolute Gasteiger partial charge is 0.240 e. The van der Waals surface area contributed by atoms with Crippen LogP contribution < -0.4 is 14.4 Å². The Bertz CT molecular complexity index is 1190. The maximum Gasteiger partial charge on any atom is 0.240 e. The summed E-state index contributed by atoms with van der Waals surface area (Å²) < 4.78 is 14.0. The normalized spacial score (nSPS) is 19.8. The zero-order valence-corrected chi connectivity index (χ0v) is 19.5. The molecule has 1 amide bonds. The fourth-order valence-electron chi connectivity index (χ4n) is 4.38. The third-order valence-electron chi connectivity index (χ3n) is 5.93. The highest BCUT2D eigenvalue weighted by Gasteiger charge is 2.35. The highest BCUT2D eigenvalue weighted by molar-refractivity contribution is 8.00. The number of hydrogen-bond donors (Lipinski definition) is 0. The third kappa shape index (κ3) is 3.99. The minimum atomic E-state index is -0.391. The summed E-state index contributed by atoms with van der Waals surface area (Å²) in [5.74, 6) is 2.13. The van der Waals surface area contributed by atoms with Crippen molar-refractivity contribution in [2.45, 2.75) is 49.4 Å². The number of nitrogens with zero attached hydrogens (tertiary/aromatic N) is 4. The number of para-hydroxylation sites is 3. The molecule has 0 spiro atoms. The van der Waals surface area contributed by atoms with Crippen LogP contribution >= 0.6 is 11.8 Å². The van der Waals surface area contributed by atoms with Crippen molar-refractivity contribution in [3.63, 3.8) is 0 Å². The molecule has 3 atom stereocenters. The fourth-order valence-corrected chi connectivity index (χ4v) is 5.29. The van der Waals surface area contributed by atoms with Gasteiger partial charge in [0.05, 0.1) is 5.25 Å². The van der Waals surface area contributed by atoms with Crippen LogP contribution in [0.3, 0.4) is 0 Å². The summed E-state index contributed by atoms with van der Waals surface area (Å²) in [7, 11) is 0. The molecule has 0 bridgehead atoms. The van der Waals surface area contributed by atoms with Crippen LogP contribution in [0.1, 0.15) is 31.3 Å². The van der Waals surface area contributed by atoms with Crippen molar-refractivity contribution in [2.75, 3.05) is 11.5 Å². The second-order valence-corrected chi connectivity index (χ2v) is 9.56. The molecule has 33 heavy (non-hydrogen) atoms. The maximum absolute atomic E-state index is 13.4. The standard InChI is InChI=1S/C25H26N4O3S/c1-4-13-28-23(22-15-31-20-11-7-8-12-21(20)32-22)26-27-25(28)33-17(3)24(30)29-16(2)14-18-9-5-6-10-19(18)29/h4-12,16-17,22H,1,13-15H2,2-3H3. The minimum Gasteiger partial charge on any atom is -0.485 e. The van der Waals surface area contributed by atoms with E-state index in [9.17, 15) is 4.79 Å². The molecule has 3 heterocycles. The molecule has 7 nitrogen and oxygen atoms in total. The summed E-state index contributed by atoms with van der Waals surface area (Å²) in [4.78, 5) is 15.3. The molecule has 3 unspecified atom stereocenters. The Kier molecular flexibility index (Phi) is 5.85. The first-order valence-corrected chi connectivity index (χ1v) is 11.9. The molecule has 2 aromatic carbocycles. The maximum atomic E-state index is 13.4. The molecule has 0 fully saturated rings. The lowest BCUT2D eigenvalue weighted by Gasteiger charge is -2.27. The molecule has 0 N–H and O–H groups in total. The number of carbonyl (C=O) groups is 1. The van der Waals surface area contributed by atoms with Crippen LogP contribution in [0.5, 0.6) is 11.5 Å². The Morgan fingerprint density at radius 3 is 2.79 bits per heavy atom. The molecule has 8 heteroatoms. The number of benzene rings is 2. The van der Waals surface area contributed by atoms with Gasteiger partial charge in [0.15, 0.2) is 28.6 Å². The first kappa shape index (κ1) is 21.6. The van der Waals surface area contributed by atoms with Gasteiger partial charge in [-0.25, -0.2) is 0 Å². The Morgan fingerprint density at radius 1 is 1.21 bits per heavy atom. The average Bonchev–Trinajstić information content (AvgIpc) is 3.38. The Balaban J connectivity index is 1.36. The molecule has 2 aliphatic rings. The number of ether oxygens (including phenoxy) is 2. The minimum absolute atomic E-state index is 0.0679. The van der Waals surface area contributed by atoms with Crippen LogP contribution in [-0.4, -0.2) is 38.6 Å². The van der Waals surface area contributed by atoms with E-state index in [4.69, 9.17) is 9.47 Å². The van der Waals surface area contributed by atoms with Gasteiger partial charge in [0.25, 0.3) is 0 Å². The Labute approximate surface area is 197 Å². The van der Waals surface area contributed by atoms with Gasteiger partial charge < -0.3 is 14.4 Å². The molecule has 5 rings (SSSR count). The zero-order chi connectivity index (χ0) is 22.9. The fraction of sp³-hybridized carbons (Fsp3) is 0.320. The van der Waals surface area contributed by atoms with Crippen LogP contribution in [0.2, 0.25) is 0 Å². The molecular formula is C25H26N4O3S. The van der Waals surface area contributed by atoms with E-state index in [0.717, 1.165) is 17.9 Å². The summed E-state index contributed by atoms with van der Waals surface area (Å²) in [6.07, 6.45) is 2.27. The van der Waals surface area contributed by atoms with E-state index in [2.05, 4.69) is 29.8 Å². The Hall–Kier alpha value is -3.26. The zero-order valence-electron chi connectivity index (χ0n) is 18.7.